The van der Waals surface area contributed by atoms with Crippen LogP contribution >= 0.6 is 0 Å². The van der Waals surface area contributed by atoms with Crippen molar-refractivity contribution in [1.29, 1.82) is 0 Å². The summed E-state index contributed by atoms with van der Waals surface area (Å²) >= 11 is 0. The molecule has 2 rings (SSSR count). The van der Waals surface area contributed by atoms with Gasteiger partial charge in [0.25, 0.3) is 5.56 Å². The lowest BCUT2D eigenvalue weighted by Crippen LogP contribution is -2.48. The van der Waals surface area contributed by atoms with E-state index in [1.165, 1.54) is 0 Å². The molecule has 1 aromatic heterocycles. The summed E-state index contributed by atoms with van der Waals surface area (Å²) in [5.41, 5.74) is 5.78. The molecule has 1 aliphatic rings. The molecule has 0 bridgehead atoms. The Kier molecular flexibility index (Phi) is 2.06. The Morgan fingerprint density at radius 3 is 2.80 bits per heavy atom. The monoisotopic (exact) mass is 209 g/mol. The number of aromatic amines is 1. The van der Waals surface area contributed by atoms with Gasteiger partial charge in [0.1, 0.15) is 5.69 Å². The number of hydrogen-bond donors (Lipinski definition) is 3. The first-order chi connectivity index (χ1) is 7.00. The molecule has 1 aliphatic heterocycles. The van der Waals surface area contributed by atoms with Crippen LogP contribution in [0.15, 0.2) is 4.79 Å². The van der Waals surface area contributed by atoms with Gasteiger partial charge in [-0.1, -0.05) is 0 Å². The highest BCUT2D eigenvalue weighted by molar-refractivity contribution is 5.69. The van der Waals surface area contributed by atoms with Gasteiger partial charge in [-0.25, -0.2) is 0 Å². The van der Waals surface area contributed by atoms with Crippen LogP contribution in [0.3, 0.4) is 0 Å². The molecule has 0 saturated carbocycles. The zero-order chi connectivity index (χ0) is 11.2. The molecule has 82 valence electrons. The van der Waals surface area contributed by atoms with Gasteiger partial charge in [0.2, 0.25) is 5.95 Å². The number of likely N-dealkylation sites (N-methyl/N-ethyl adjacent to an activating group) is 1. The fourth-order valence-electron chi connectivity index (χ4n) is 1.74. The summed E-state index contributed by atoms with van der Waals surface area (Å²) in [5, 5.41) is 3.13. The minimum Gasteiger partial charge on any atom is -0.373 e. The van der Waals surface area contributed by atoms with Gasteiger partial charge in [0.05, 0.1) is 0 Å². The van der Waals surface area contributed by atoms with Crippen molar-refractivity contribution >= 4 is 17.5 Å². The summed E-state index contributed by atoms with van der Waals surface area (Å²) in [4.78, 5) is 20.2. The molecule has 0 saturated heterocycles. The summed E-state index contributed by atoms with van der Waals surface area (Å²) in [6, 6.07) is 0.472. The number of aromatic nitrogens is 2. The van der Waals surface area contributed by atoms with E-state index in [1.807, 2.05) is 18.9 Å². The lowest BCUT2D eigenvalue weighted by Gasteiger charge is -2.37. The summed E-state index contributed by atoms with van der Waals surface area (Å²) in [5.74, 6) is 0.760. The van der Waals surface area contributed by atoms with Crippen molar-refractivity contribution < 1.29 is 0 Å². The molecule has 0 aliphatic carbocycles. The topological polar surface area (TPSA) is 87.0 Å². The Bertz CT molecular complexity index is 441. The second kappa shape index (κ2) is 3.15. The Labute approximate surface area is 87.5 Å². The molecule has 4 N–H and O–H groups in total. The van der Waals surface area contributed by atoms with Gasteiger partial charge in [-0.05, 0) is 13.8 Å². The van der Waals surface area contributed by atoms with Crippen molar-refractivity contribution in [2.45, 2.75) is 25.9 Å². The highest BCUT2D eigenvalue weighted by atomic mass is 16.1. The van der Waals surface area contributed by atoms with E-state index >= 15 is 0 Å². The predicted molar refractivity (Wildman–Crippen MR) is 60.2 cm³/mol. The molecule has 0 fully saturated rings. The summed E-state index contributed by atoms with van der Waals surface area (Å²) in [6.45, 7) is 4.10. The van der Waals surface area contributed by atoms with Gasteiger partial charge < -0.3 is 16.0 Å². The molecule has 0 radical (unpaired) electrons. The zero-order valence-electron chi connectivity index (χ0n) is 9.03. The van der Waals surface area contributed by atoms with Crippen LogP contribution in [0.25, 0.3) is 0 Å². The molecule has 0 spiro atoms. The lowest BCUT2D eigenvalue weighted by atomic mass is 10.1. The maximum Gasteiger partial charge on any atom is 0.277 e. The third-order valence-electron chi connectivity index (χ3n) is 2.96. The number of nitrogen functional groups attached to an aromatic ring is 1. The molecule has 0 amide bonds. The molecule has 15 heavy (non-hydrogen) atoms. The Hall–Kier alpha value is -1.72. The Balaban J connectivity index is 2.60. The summed E-state index contributed by atoms with van der Waals surface area (Å²) in [7, 11) is 1.91. The fourth-order valence-corrected chi connectivity index (χ4v) is 1.74. The first kappa shape index (κ1) is 9.82. The highest BCUT2D eigenvalue weighted by Gasteiger charge is 2.28. The minimum atomic E-state index is -0.219. The minimum absolute atomic E-state index is 0.147. The van der Waals surface area contributed by atoms with Crippen molar-refractivity contribution in [3.8, 4) is 0 Å². The predicted octanol–water partition coefficient (Wildman–Crippen LogP) is -0.00920. The second-order valence-electron chi connectivity index (χ2n) is 3.93. The van der Waals surface area contributed by atoms with Gasteiger partial charge in [-0.3, -0.25) is 9.78 Å². The van der Waals surface area contributed by atoms with Crippen molar-refractivity contribution in [2.75, 3.05) is 23.0 Å². The van der Waals surface area contributed by atoms with Crippen LogP contribution in [0, 0.1) is 0 Å². The number of nitrogens with one attached hydrogen (secondary N) is 2. The standard InChI is InChI=1S/C9H15N5O/c1-4-5(2)14(3)7-6(11-4)8(15)13-9(10)12-7/h4-5,11H,1-3H3,(H3,10,12,13,15). The van der Waals surface area contributed by atoms with Crippen LogP contribution in [-0.2, 0) is 0 Å². The number of nitrogens with two attached hydrogens (primary N) is 1. The quantitative estimate of drug-likeness (QED) is 0.559. The van der Waals surface area contributed by atoms with Crippen LogP contribution in [-0.4, -0.2) is 29.1 Å². The van der Waals surface area contributed by atoms with E-state index in [9.17, 15) is 4.79 Å². The fraction of sp³-hybridized carbons (Fsp3) is 0.556. The normalized spacial score (nSPS) is 24.6. The summed E-state index contributed by atoms with van der Waals surface area (Å²) < 4.78 is 0. The average Bonchev–Trinajstić information content (AvgIpc) is 2.17. The SMILES string of the molecule is CC1Nc2c(nc(N)[nH]c2=O)N(C)C1C. The molecular weight excluding hydrogens is 194 g/mol. The van der Waals surface area contributed by atoms with E-state index < -0.39 is 0 Å². The highest BCUT2D eigenvalue weighted by Crippen LogP contribution is 2.27. The smallest absolute Gasteiger partial charge is 0.277 e. The number of H-pyrrole nitrogens is 1. The van der Waals surface area contributed by atoms with Crippen molar-refractivity contribution in [3.05, 3.63) is 10.4 Å². The zero-order valence-corrected chi connectivity index (χ0v) is 9.03. The van der Waals surface area contributed by atoms with E-state index in [0.29, 0.717) is 11.5 Å². The third-order valence-corrected chi connectivity index (χ3v) is 2.96. The second-order valence-corrected chi connectivity index (χ2v) is 3.93. The van der Waals surface area contributed by atoms with Crippen LogP contribution in [0.2, 0.25) is 0 Å². The van der Waals surface area contributed by atoms with Gasteiger partial charge in [-0.15, -0.1) is 0 Å². The van der Waals surface area contributed by atoms with E-state index in [-0.39, 0.29) is 23.6 Å². The van der Waals surface area contributed by atoms with Crippen LogP contribution in [0.4, 0.5) is 17.5 Å². The van der Waals surface area contributed by atoms with Crippen LogP contribution < -0.4 is 21.5 Å². The molecule has 0 aromatic carbocycles. The van der Waals surface area contributed by atoms with Crippen molar-refractivity contribution in [1.82, 2.24) is 9.97 Å². The van der Waals surface area contributed by atoms with E-state index in [2.05, 4.69) is 22.2 Å². The van der Waals surface area contributed by atoms with Gasteiger partial charge in [0, 0.05) is 19.1 Å². The Morgan fingerprint density at radius 1 is 1.47 bits per heavy atom. The summed E-state index contributed by atoms with van der Waals surface area (Å²) in [6.07, 6.45) is 0. The number of anilines is 3. The third kappa shape index (κ3) is 1.42. The van der Waals surface area contributed by atoms with Gasteiger partial charge in [0.15, 0.2) is 5.82 Å². The molecule has 2 unspecified atom stereocenters. The molecule has 6 heteroatoms. The van der Waals surface area contributed by atoms with E-state index in [4.69, 9.17) is 5.73 Å². The number of hydrogen-bond acceptors (Lipinski definition) is 5. The first-order valence-electron chi connectivity index (χ1n) is 4.90. The van der Waals surface area contributed by atoms with E-state index in [0.717, 1.165) is 0 Å². The molecular formula is C9H15N5O. The largest absolute Gasteiger partial charge is 0.373 e. The van der Waals surface area contributed by atoms with Gasteiger partial charge in [-0.2, -0.15) is 4.98 Å². The van der Waals surface area contributed by atoms with Crippen LogP contribution in [0.5, 0.6) is 0 Å². The maximum atomic E-state index is 11.6. The molecule has 6 nitrogen and oxygen atoms in total. The lowest BCUT2D eigenvalue weighted by molar-refractivity contribution is 0.579. The van der Waals surface area contributed by atoms with Crippen LogP contribution in [0.1, 0.15) is 13.8 Å². The van der Waals surface area contributed by atoms with E-state index in [1.54, 1.807) is 0 Å². The van der Waals surface area contributed by atoms with Crippen molar-refractivity contribution in [2.24, 2.45) is 0 Å². The average molecular weight is 209 g/mol. The maximum absolute atomic E-state index is 11.6. The Morgan fingerprint density at radius 2 is 2.13 bits per heavy atom. The molecule has 2 heterocycles. The van der Waals surface area contributed by atoms with Gasteiger partial charge >= 0.3 is 0 Å². The molecule has 2 atom stereocenters. The van der Waals surface area contributed by atoms with Crippen molar-refractivity contribution in [3.63, 3.8) is 0 Å². The molecule has 1 aromatic rings. The number of nitrogens with zero attached hydrogens (tertiary/aromatic N) is 2. The number of fused-ring (bicyclic) bond motifs is 1. The number of rotatable bonds is 0. The first-order valence-corrected chi connectivity index (χ1v) is 4.90.